The van der Waals surface area contributed by atoms with E-state index in [1.165, 1.54) is 0 Å². The molecule has 3 aromatic rings. The second kappa shape index (κ2) is 12.6. The minimum Gasteiger partial charge on any atom is -0.369 e. The van der Waals surface area contributed by atoms with Crippen LogP contribution in [0.5, 0.6) is 0 Å². The lowest BCUT2D eigenvalue weighted by atomic mass is 10.0. The van der Waals surface area contributed by atoms with E-state index in [0.717, 1.165) is 29.6 Å². The standard InChI is InChI=1S/C29H39N9O4/c1-17(2)25-27(41)32-18(3)26(40)31-12-8-19-16-23(30-13-9-24(39)36-25)35-28(33-19)37-14-10-20(11-15-37)38-22-7-5-4-6-21(22)34-29(38)42/h4-7,16-18,20,25H,8-15H2,1-3H3,(H,31,40)(H,32,41)(H,34,42)(H,36,39)(H,30,33,35)/t18-,25+/m0/s1. The summed E-state index contributed by atoms with van der Waals surface area (Å²) in [6.45, 7) is 7.32. The molecule has 13 heteroatoms. The zero-order valence-corrected chi connectivity index (χ0v) is 24.3. The first-order valence-electron chi connectivity index (χ1n) is 14.6. The largest absolute Gasteiger partial charge is 0.369 e. The molecule has 1 fully saturated rings. The van der Waals surface area contributed by atoms with Crippen molar-refractivity contribution in [3.05, 3.63) is 46.5 Å². The molecular formula is C29H39N9O4. The van der Waals surface area contributed by atoms with Crippen LogP contribution in [0.1, 0.15) is 51.8 Å². The van der Waals surface area contributed by atoms with Crippen LogP contribution < -0.4 is 31.9 Å². The van der Waals surface area contributed by atoms with Crippen LogP contribution in [0.2, 0.25) is 0 Å². The number of nitrogens with zero attached hydrogens (tertiary/aromatic N) is 4. The van der Waals surface area contributed by atoms with Crippen LogP contribution in [-0.4, -0.2) is 75.5 Å². The second-order valence-electron chi connectivity index (χ2n) is 11.3. The molecule has 3 amide bonds. The number of H-pyrrole nitrogens is 1. The lowest BCUT2D eigenvalue weighted by Gasteiger charge is -2.33. The number of fused-ring (bicyclic) bond motifs is 3. The molecule has 0 aliphatic carbocycles. The minimum absolute atomic E-state index is 0.0649. The van der Waals surface area contributed by atoms with E-state index in [0.29, 0.717) is 44.4 Å². The molecule has 13 nitrogen and oxygen atoms in total. The molecule has 1 saturated heterocycles. The summed E-state index contributed by atoms with van der Waals surface area (Å²) in [7, 11) is 0. The van der Waals surface area contributed by atoms with Gasteiger partial charge in [-0.3, -0.25) is 19.0 Å². The molecule has 2 bridgehead atoms. The lowest BCUT2D eigenvalue weighted by molar-refractivity contribution is -0.132. The van der Waals surface area contributed by atoms with E-state index < -0.39 is 18.0 Å². The molecule has 0 radical (unpaired) electrons. The SMILES string of the molecule is CC(C)[C@H]1NC(=O)CCNc2cc(nc(N3CCC(n4c(=O)[nH]c5ccccc54)CC3)n2)CCNC(=O)[C@H](C)NC1=O. The zero-order chi connectivity index (χ0) is 29.8. The number of anilines is 2. The van der Waals surface area contributed by atoms with Crippen molar-refractivity contribution in [2.75, 3.05) is 36.4 Å². The summed E-state index contributed by atoms with van der Waals surface area (Å²) in [6, 6.07) is 8.11. The fourth-order valence-corrected chi connectivity index (χ4v) is 5.52. The van der Waals surface area contributed by atoms with Gasteiger partial charge in [0.2, 0.25) is 23.7 Å². The highest BCUT2D eigenvalue weighted by Crippen LogP contribution is 2.27. The Bertz CT molecular complexity index is 1510. The fourth-order valence-electron chi connectivity index (χ4n) is 5.52. The first-order valence-corrected chi connectivity index (χ1v) is 14.6. The Hall–Kier alpha value is -4.42. The Morgan fingerprint density at radius 3 is 2.40 bits per heavy atom. The number of rotatable bonds is 3. The highest BCUT2D eigenvalue weighted by atomic mass is 16.2. The van der Waals surface area contributed by atoms with Crippen LogP contribution in [0.15, 0.2) is 35.1 Å². The number of para-hydroxylation sites is 2. The van der Waals surface area contributed by atoms with E-state index in [1.807, 2.05) is 48.7 Å². The van der Waals surface area contributed by atoms with Crippen LogP contribution in [0.4, 0.5) is 11.8 Å². The number of carbonyl (C=O) groups excluding carboxylic acids is 3. The summed E-state index contributed by atoms with van der Waals surface area (Å²) in [6.07, 6.45) is 2.13. The quantitative estimate of drug-likeness (QED) is 0.308. The van der Waals surface area contributed by atoms with E-state index in [9.17, 15) is 19.2 Å². The molecule has 42 heavy (non-hydrogen) atoms. The van der Waals surface area contributed by atoms with Gasteiger partial charge in [-0.1, -0.05) is 26.0 Å². The van der Waals surface area contributed by atoms with E-state index >= 15 is 0 Å². The van der Waals surface area contributed by atoms with E-state index in [1.54, 1.807) is 6.92 Å². The summed E-state index contributed by atoms with van der Waals surface area (Å²) in [5, 5.41) is 11.6. The van der Waals surface area contributed by atoms with Gasteiger partial charge in [0.25, 0.3) is 0 Å². The van der Waals surface area contributed by atoms with Crippen molar-refractivity contribution in [1.29, 1.82) is 0 Å². The lowest BCUT2D eigenvalue weighted by Crippen LogP contribution is -2.54. The Balaban J connectivity index is 1.32. The van der Waals surface area contributed by atoms with E-state index in [4.69, 9.17) is 9.97 Å². The first-order chi connectivity index (χ1) is 20.2. The van der Waals surface area contributed by atoms with Crippen molar-refractivity contribution < 1.29 is 14.4 Å². The smallest absolute Gasteiger partial charge is 0.326 e. The summed E-state index contributed by atoms with van der Waals surface area (Å²) in [5.41, 5.74) is 2.38. The van der Waals surface area contributed by atoms with Gasteiger partial charge in [-0.25, -0.2) is 9.78 Å². The monoisotopic (exact) mass is 577 g/mol. The molecule has 4 heterocycles. The predicted molar refractivity (Wildman–Crippen MR) is 159 cm³/mol. The van der Waals surface area contributed by atoms with Crippen LogP contribution >= 0.6 is 0 Å². The molecule has 1 aromatic carbocycles. The molecule has 2 aliphatic heterocycles. The van der Waals surface area contributed by atoms with Gasteiger partial charge in [-0.05, 0) is 37.8 Å². The topological polar surface area (TPSA) is 166 Å². The Morgan fingerprint density at radius 1 is 0.905 bits per heavy atom. The predicted octanol–water partition coefficient (Wildman–Crippen LogP) is 1.08. The van der Waals surface area contributed by atoms with Gasteiger partial charge in [0.05, 0.1) is 11.0 Å². The third-order valence-corrected chi connectivity index (χ3v) is 7.86. The van der Waals surface area contributed by atoms with Crippen molar-refractivity contribution in [1.82, 2.24) is 35.5 Å². The summed E-state index contributed by atoms with van der Waals surface area (Å²) < 4.78 is 1.85. The number of aromatic amines is 1. The number of hydrogen-bond acceptors (Lipinski definition) is 8. The summed E-state index contributed by atoms with van der Waals surface area (Å²) in [4.78, 5) is 65.4. The molecule has 5 rings (SSSR count). The molecule has 0 spiro atoms. The Labute approximate surface area is 243 Å². The molecule has 224 valence electrons. The molecule has 0 saturated carbocycles. The number of aromatic nitrogens is 4. The third-order valence-electron chi connectivity index (χ3n) is 7.86. The number of nitrogens with one attached hydrogen (secondary N) is 5. The molecule has 2 atom stereocenters. The molecule has 2 aromatic heterocycles. The Kier molecular flexibility index (Phi) is 8.74. The molecule has 0 unspecified atom stereocenters. The van der Waals surface area contributed by atoms with Gasteiger partial charge in [0, 0.05) is 56.8 Å². The van der Waals surface area contributed by atoms with Crippen molar-refractivity contribution in [2.45, 2.75) is 64.6 Å². The van der Waals surface area contributed by atoms with E-state index in [2.05, 4.69) is 31.2 Å². The third kappa shape index (κ3) is 6.55. The maximum Gasteiger partial charge on any atom is 0.326 e. The maximum absolute atomic E-state index is 12.8. The number of carbonyl (C=O) groups is 3. The highest BCUT2D eigenvalue weighted by Gasteiger charge is 2.28. The van der Waals surface area contributed by atoms with Gasteiger partial charge in [-0.2, -0.15) is 4.98 Å². The van der Waals surface area contributed by atoms with Crippen molar-refractivity contribution in [3.8, 4) is 0 Å². The molecule has 5 N–H and O–H groups in total. The minimum atomic E-state index is -0.757. The average Bonchev–Trinajstić information content (AvgIpc) is 3.30. The number of imidazole rings is 1. The second-order valence-corrected chi connectivity index (χ2v) is 11.3. The van der Waals surface area contributed by atoms with Gasteiger partial charge in [0.15, 0.2) is 0 Å². The first kappa shape index (κ1) is 29.1. The number of piperidine rings is 1. The summed E-state index contributed by atoms with van der Waals surface area (Å²) in [5.74, 6) is 0.0235. The van der Waals surface area contributed by atoms with Gasteiger partial charge >= 0.3 is 5.69 Å². The average molecular weight is 578 g/mol. The van der Waals surface area contributed by atoms with Gasteiger partial charge in [0.1, 0.15) is 17.9 Å². The Morgan fingerprint density at radius 2 is 1.64 bits per heavy atom. The number of amides is 3. The molecule has 2 aliphatic rings. The highest BCUT2D eigenvalue weighted by molar-refractivity contribution is 5.92. The number of hydrogen-bond donors (Lipinski definition) is 5. The van der Waals surface area contributed by atoms with Crippen molar-refractivity contribution in [2.24, 2.45) is 5.92 Å². The van der Waals surface area contributed by atoms with Crippen molar-refractivity contribution in [3.63, 3.8) is 0 Å². The fraction of sp³-hybridized carbons (Fsp3) is 0.517. The molecular weight excluding hydrogens is 538 g/mol. The summed E-state index contributed by atoms with van der Waals surface area (Å²) >= 11 is 0. The van der Waals surface area contributed by atoms with Crippen molar-refractivity contribution >= 4 is 40.5 Å². The van der Waals surface area contributed by atoms with Crippen LogP contribution in [0.3, 0.4) is 0 Å². The van der Waals surface area contributed by atoms with Crippen LogP contribution in [-0.2, 0) is 20.8 Å². The van der Waals surface area contributed by atoms with Crippen LogP contribution in [0, 0.1) is 5.92 Å². The van der Waals surface area contributed by atoms with E-state index in [-0.39, 0.29) is 35.9 Å². The van der Waals surface area contributed by atoms with Gasteiger partial charge < -0.3 is 31.2 Å². The maximum atomic E-state index is 12.8. The number of benzene rings is 1. The normalized spacial score (nSPS) is 21.5. The zero-order valence-electron chi connectivity index (χ0n) is 24.3. The van der Waals surface area contributed by atoms with Crippen LogP contribution in [0.25, 0.3) is 11.0 Å². The van der Waals surface area contributed by atoms with Gasteiger partial charge in [-0.15, -0.1) is 0 Å².